The van der Waals surface area contributed by atoms with Crippen LogP contribution in [0.1, 0.15) is 24.0 Å². The topological polar surface area (TPSA) is 27.0 Å². The highest BCUT2D eigenvalue weighted by molar-refractivity contribution is 5.32. The molecular weight excluding hydrogens is 253 g/mol. The van der Waals surface area contributed by atoms with Crippen molar-refractivity contribution in [1.82, 2.24) is 4.90 Å². The van der Waals surface area contributed by atoms with Gasteiger partial charge in [0.15, 0.2) is 0 Å². The normalized spacial score (nSPS) is 21.1. The minimum absolute atomic E-state index is 0.0558. The molecule has 0 radical (unpaired) electrons. The molecule has 2 nitrogen and oxygen atoms in total. The molecule has 1 atom stereocenters. The molecule has 19 heavy (non-hydrogen) atoms. The Morgan fingerprint density at radius 2 is 2.16 bits per heavy atom. The quantitative estimate of drug-likeness (QED) is 0.822. The second kappa shape index (κ2) is 5.62. The van der Waals surface area contributed by atoms with E-state index in [2.05, 4.69) is 0 Å². The summed E-state index contributed by atoms with van der Waals surface area (Å²) in [7, 11) is 0. The minimum atomic E-state index is -4.10. The van der Waals surface area contributed by atoms with Gasteiger partial charge in [0.05, 0.1) is 17.6 Å². The van der Waals surface area contributed by atoms with E-state index in [1.807, 2.05) is 17.0 Å². The summed E-state index contributed by atoms with van der Waals surface area (Å²) in [5.74, 6) is -1.22. The molecule has 1 aromatic carbocycles. The molecule has 1 saturated heterocycles. The lowest BCUT2D eigenvalue weighted by atomic mass is 9.97. The van der Waals surface area contributed by atoms with Gasteiger partial charge < -0.3 is 0 Å². The van der Waals surface area contributed by atoms with Crippen LogP contribution in [-0.4, -0.2) is 24.2 Å². The molecule has 0 aromatic heterocycles. The SMILES string of the molecule is N#Cc1cccc(CN2CCC[C@H](C(F)(F)F)C2)c1. The first-order valence-electron chi connectivity index (χ1n) is 6.27. The third-order valence-corrected chi connectivity index (χ3v) is 3.43. The van der Waals surface area contributed by atoms with Crippen LogP contribution in [-0.2, 0) is 6.54 Å². The zero-order chi connectivity index (χ0) is 13.9. The van der Waals surface area contributed by atoms with Crippen LogP contribution in [0.4, 0.5) is 13.2 Å². The average molecular weight is 268 g/mol. The smallest absolute Gasteiger partial charge is 0.298 e. The van der Waals surface area contributed by atoms with Crippen molar-refractivity contribution in [1.29, 1.82) is 5.26 Å². The largest absolute Gasteiger partial charge is 0.393 e. The minimum Gasteiger partial charge on any atom is -0.298 e. The first-order chi connectivity index (χ1) is 8.99. The Hall–Kier alpha value is -1.54. The Balaban J connectivity index is 2.01. The molecule has 0 spiro atoms. The third kappa shape index (κ3) is 3.71. The van der Waals surface area contributed by atoms with Crippen LogP contribution >= 0.6 is 0 Å². The number of nitrogens with zero attached hydrogens (tertiary/aromatic N) is 2. The van der Waals surface area contributed by atoms with E-state index in [-0.39, 0.29) is 13.0 Å². The van der Waals surface area contributed by atoms with Crippen LogP contribution in [0.2, 0.25) is 0 Å². The molecule has 1 heterocycles. The van der Waals surface area contributed by atoms with Crippen LogP contribution in [0.25, 0.3) is 0 Å². The maximum atomic E-state index is 12.7. The Morgan fingerprint density at radius 3 is 2.84 bits per heavy atom. The number of halogens is 3. The van der Waals surface area contributed by atoms with Crippen molar-refractivity contribution in [2.45, 2.75) is 25.6 Å². The molecule has 0 bridgehead atoms. The summed E-state index contributed by atoms with van der Waals surface area (Å²) in [5.41, 5.74) is 1.43. The number of hydrogen-bond donors (Lipinski definition) is 0. The molecule has 0 N–H and O–H groups in total. The van der Waals surface area contributed by atoms with Gasteiger partial charge in [-0.15, -0.1) is 0 Å². The van der Waals surface area contributed by atoms with Crippen LogP contribution in [0.5, 0.6) is 0 Å². The van der Waals surface area contributed by atoms with E-state index < -0.39 is 12.1 Å². The van der Waals surface area contributed by atoms with Gasteiger partial charge in [0.2, 0.25) is 0 Å². The number of hydrogen-bond acceptors (Lipinski definition) is 2. The summed E-state index contributed by atoms with van der Waals surface area (Å²) in [5, 5.41) is 8.80. The molecule has 0 unspecified atom stereocenters. The van der Waals surface area contributed by atoms with Gasteiger partial charge >= 0.3 is 6.18 Å². The van der Waals surface area contributed by atoms with E-state index in [1.165, 1.54) is 0 Å². The Kier molecular flexibility index (Phi) is 4.11. The average Bonchev–Trinajstić information content (AvgIpc) is 2.38. The van der Waals surface area contributed by atoms with Gasteiger partial charge in [-0.2, -0.15) is 18.4 Å². The van der Waals surface area contributed by atoms with E-state index in [0.717, 1.165) is 5.56 Å². The van der Waals surface area contributed by atoms with Gasteiger partial charge in [-0.25, -0.2) is 0 Å². The van der Waals surface area contributed by atoms with Crippen molar-refractivity contribution in [2.75, 3.05) is 13.1 Å². The van der Waals surface area contributed by atoms with E-state index in [1.54, 1.807) is 18.2 Å². The molecule has 1 fully saturated rings. The fraction of sp³-hybridized carbons (Fsp3) is 0.500. The van der Waals surface area contributed by atoms with Gasteiger partial charge in [-0.3, -0.25) is 4.90 Å². The lowest BCUT2D eigenvalue weighted by molar-refractivity contribution is -0.187. The molecule has 0 aliphatic carbocycles. The van der Waals surface area contributed by atoms with Crippen molar-refractivity contribution in [3.63, 3.8) is 0 Å². The number of benzene rings is 1. The van der Waals surface area contributed by atoms with Gasteiger partial charge in [-0.1, -0.05) is 12.1 Å². The van der Waals surface area contributed by atoms with Crippen LogP contribution in [0.3, 0.4) is 0 Å². The maximum Gasteiger partial charge on any atom is 0.393 e. The van der Waals surface area contributed by atoms with Gasteiger partial charge in [-0.05, 0) is 37.1 Å². The fourth-order valence-electron chi connectivity index (χ4n) is 2.46. The van der Waals surface area contributed by atoms with Crippen LogP contribution < -0.4 is 0 Å². The lowest BCUT2D eigenvalue weighted by Crippen LogP contribution is -2.41. The summed E-state index contributed by atoms with van der Waals surface area (Å²) < 4.78 is 38.1. The van der Waals surface area contributed by atoms with Gasteiger partial charge in [0, 0.05) is 13.1 Å². The molecule has 0 amide bonds. The number of piperidine rings is 1. The highest BCUT2D eigenvalue weighted by Crippen LogP contribution is 2.33. The standard InChI is InChI=1S/C14H15F3N2/c15-14(16,17)13-5-2-6-19(10-13)9-12-4-1-3-11(7-12)8-18/h1,3-4,7,13H,2,5-6,9-10H2/t13-/m0/s1. The van der Waals surface area contributed by atoms with Crippen LogP contribution in [0, 0.1) is 17.2 Å². The second-order valence-corrected chi connectivity index (χ2v) is 4.93. The number of rotatable bonds is 2. The lowest BCUT2D eigenvalue weighted by Gasteiger charge is -2.33. The highest BCUT2D eigenvalue weighted by atomic mass is 19.4. The summed E-state index contributed by atoms with van der Waals surface area (Å²) in [4.78, 5) is 1.82. The van der Waals surface area contributed by atoms with Crippen molar-refractivity contribution >= 4 is 0 Å². The summed E-state index contributed by atoms with van der Waals surface area (Å²) in [6, 6.07) is 9.07. The van der Waals surface area contributed by atoms with Gasteiger partial charge in [0.1, 0.15) is 0 Å². The maximum absolute atomic E-state index is 12.7. The molecule has 1 aromatic rings. The van der Waals surface area contributed by atoms with Crippen molar-refractivity contribution in [3.8, 4) is 6.07 Å². The first-order valence-corrected chi connectivity index (χ1v) is 6.27. The van der Waals surface area contributed by atoms with Crippen molar-refractivity contribution < 1.29 is 13.2 Å². The van der Waals surface area contributed by atoms with E-state index in [9.17, 15) is 13.2 Å². The monoisotopic (exact) mass is 268 g/mol. The van der Waals surface area contributed by atoms with E-state index in [4.69, 9.17) is 5.26 Å². The number of alkyl halides is 3. The molecular formula is C14H15F3N2. The zero-order valence-corrected chi connectivity index (χ0v) is 10.5. The number of likely N-dealkylation sites (tertiary alicyclic amines) is 1. The predicted molar refractivity (Wildman–Crippen MR) is 65.2 cm³/mol. The summed E-state index contributed by atoms with van der Waals surface area (Å²) in [6.07, 6.45) is -3.31. The molecule has 102 valence electrons. The van der Waals surface area contributed by atoms with E-state index >= 15 is 0 Å². The second-order valence-electron chi connectivity index (χ2n) is 4.93. The predicted octanol–water partition coefficient (Wildman–Crippen LogP) is 3.33. The van der Waals surface area contributed by atoms with Gasteiger partial charge in [0.25, 0.3) is 0 Å². The van der Waals surface area contributed by atoms with Crippen molar-refractivity contribution in [3.05, 3.63) is 35.4 Å². The third-order valence-electron chi connectivity index (χ3n) is 3.43. The van der Waals surface area contributed by atoms with Crippen LogP contribution in [0.15, 0.2) is 24.3 Å². The molecule has 1 aliphatic rings. The van der Waals surface area contributed by atoms with Crippen molar-refractivity contribution in [2.24, 2.45) is 5.92 Å². The number of nitriles is 1. The molecule has 1 aliphatic heterocycles. The summed E-state index contributed by atoms with van der Waals surface area (Å²) in [6.45, 7) is 1.21. The zero-order valence-electron chi connectivity index (χ0n) is 10.5. The molecule has 2 rings (SSSR count). The molecule has 5 heteroatoms. The highest BCUT2D eigenvalue weighted by Gasteiger charge is 2.41. The Labute approximate surface area is 110 Å². The first kappa shape index (κ1) is 13.9. The Morgan fingerprint density at radius 1 is 1.37 bits per heavy atom. The molecule has 0 saturated carbocycles. The van der Waals surface area contributed by atoms with E-state index in [0.29, 0.717) is 25.1 Å². The fourth-order valence-corrected chi connectivity index (χ4v) is 2.46. The Bertz CT molecular complexity index is 476. The summed E-state index contributed by atoms with van der Waals surface area (Å²) >= 11 is 0.